The molecule has 2 nitrogen and oxygen atoms in total. The van der Waals surface area contributed by atoms with Gasteiger partial charge < -0.3 is 5.32 Å². The van der Waals surface area contributed by atoms with Crippen molar-refractivity contribution in [3.05, 3.63) is 26.9 Å². The molecule has 0 unspecified atom stereocenters. The highest BCUT2D eigenvalue weighted by atomic mass is 79.9. The first-order chi connectivity index (χ1) is 6.77. The van der Waals surface area contributed by atoms with Gasteiger partial charge in [0.15, 0.2) is 0 Å². The van der Waals surface area contributed by atoms with Crippen molar-refractivity contribution >= 4 is 31.9 Å². The fraction of sp³-hybridized carbons (Fsp3) is 0.500. The van der Waals surface area contributed by atoms with Gasteiger partial charge in [0, 0.05) is 10.7 Å². The van der Waals surface area contributed by atoms with E-state index in [4.69, 9.17) is 0 Å². The molecule has 0 bridgehead atoms. The Morgan fingerprint density at radius 2 is 2.00 bits per heavy atom. The summed E-state index contributed by atoms with van der Waals surface area (Å²) in [6.45, 7) is 2.24. The SMILES string of the molecule is Brc1cc(C2CCNCC2)c(Br)cn1. The molecular weight excluding hydrogens is 308 g/mol. The maximum atomic E-state index is 4.19. The molecule has 0 aliphatic carbocycles. The van der Waals surface area contributed by atoms with Gasteiger partial charge in [-0.25, -0.2) is 4.98 Å². The zero-order chi connectivity index (χ0) is 9.97. The van der Waals surface area contributed by atoms with Crippen molar-refractivity contribution in [2.24, 2.45) is 0 Å². The van der Waals surface area contributed by atoms with Crippen LogP contribution in [-0.2, 0) is 0 Å². The van der Waals surface area contributed by atoms with Crippen LogP contribution in [0.3, 0.4) is 0 Å². The van der Waals surface area contributed by atoms with Gasteiger partial charge in [-0.15, -0.1) is 0 Å². The van der Waals surface area contributed by atoms with Crippen molar-refractivity contribution in [1.82, 2.24) is 10.3 Å². The second-order valence-electron chi connectivity index (χ2n) is 3.55. The lowest BCUT2D eigenvalue weighted by molar-refractivity contribution is 0.459. The molecule has 0 radical (unpaired) electrons. The Hall–Kier alpha value is 0.0700. The largest absolute Gasteiger partial charge is 0.317 e. The van der Waals surface area contributed by atoms with Crippen LogP contribution >= 0.6 is 31.9 Å². The average Bonchev–Trinajstić information content (AvgIpc) is 2.23. The number of aromatic nitrogens is 1. The van der Waals surface area contributed by atoms with Crippen molar-refractivity contribution in [2.45, 2.75) is 18.8 Å². The molecule has 0 saturated carbocycles. The first kappa shape index (κ1) is 10.6. The van der Waals surface area contributed by atoms with Crippen LogP contribution in [-0.4, -0.2) is 18.1 Å². The van der Waals surface area contributed by atoms with Crippen molar-refractivity contribution < 1.29 is 0 Å². The maximum Gasteiger partial charge on any atom is 0.106 e. The molecule has 1 aromatic heterocycles. The fourth-order valence-corrected chi connectivity index (χ4v) is 2.76. The number of pyridine rings is 1. The minimum absolute atomic E-state index is 0.671. The molecule has 14 heavy (non-hydrogen) atoms. The molecule has 1 saturated heterocycles. The lowest BCUT2D eigenvalue weighted by atomic mass is 9.91. The molecule has 1 N–H and O–H groups in total. The van der Waals surface area contributed by atoms with Crippen molar-refractivity contribution in [3.8, 4) is 0 Å². The van der Waals surface area contributed by atoms with Crippen LogP contribution in [0.25, 0.3) is 0 Å². The zero-order valence-corrected chi connectivity index (χ0v) is 10.9. The molecule has 76 valence electrons. The van der Waals surface area contributed by atoms with Crippen LogP contribution < -0.4 is 5.32 Å². The van der Waals surface area contributed by atoms with E-state index in [0.717, 1.165) is 22.2 Å². The third-order valence-corrected chi connectivity index (χ3v) is 3.73. The lowest BCUT2D eigenvalue weighted by Gasteiger charge is -2.23. The van der Waals surface area contributed by atoms with E-state index in [-0.39, 0.29) is 0 Å². The molecule has 1 fully saturated rings. The van der Waals surface area contributed by atoms with E-state index >= 15 is 0 Å². The average molecular weight is 320 g/mol. The Kier molecular flexibility index (Phi) is 3.57. The molecule has 0 amide bonds. The van der Waals surface area contributed by atoms with E-state index in [1.807, 2.05) is 6.20 Å². The zero-order valence-electron chi connectivity index (χ0n) is 7.76. The third-order valence-electron chi connectivity index (χ3n) is 2.63. The van der Waals surface area contributed by atoms with E-state index in [1.54, 1.807) is 0 Å². The minimum Gasteiger partial charge on any atom is -0.317 e. The first-order valence-corrected chi connectivity index (χ1v) is 6.37. The Morgan fingerprint density at radius 1 is 1.29 bits per heavy atom. The second kappa shape index (κ2) is 4.73. The Morgan fingerprint density at radius 3 is 2.71 bits per heavy atom. The third kappa shape index (κ3) is 2.35. The Balaban J connectivity index is 2.24. The molecule has 4 heteroatoms. The van der Waals surface area contributed by atoms with Gasteiger partial charge in [0.1, 0.15) is 4.60 Å². The highest BCUT2D eigenvalue weighted by Crippen LogP contribution is 2.31. The van der Waals surface area contributed by atoms with E-state index in [9.17, 15) is 0 Å². The van der Waals surface area contributed by atoms with Crippen molar-refractivity contribution in [1.29, 1.82) is 0 Å². The number of rotatable bonds is 1. The minimum atomic E-state index is 0.671. The van der Waals surface area contributed by atoms with E-state index in [1.165, 1.54) is 18.4 Å². The number of nitrogens with zero attached hydrogens (tertiary/aromatic N) is 1. The summed E-state index contributed by atoms with van der Waals surface area (Å²) in [5.41, 5.74) is 1.38. The van der Waals surface area contributed by atoms with Gasteiger partial charge in [-0.2, -0.15) is 0 Å². The Bertz CT molecular complexity index is 322. The van der Waals surface area contributed by atoms with Crippen LogP contribution in [0, 0.1) is 0 Å². The van der Waals surface area contributed by atoms with Crippen LogP contribution in [0.5, 0.6) is 0 Å². The Labute approximate surface area is 101 Å². The lowest BCUT2D eigenvalue weighted by Crippen LogP contribution is -2.26. The van der Waals surface area contributed by atoms with Crippen LogP contribution in [0.1, 0.15) is 24.3 Å². The number of halogens is 2. The summed E-state index contributed by atoms with van der Waals surface area (Å²) >= 11 is 6.98. The van der Waals surface area contributed by atoms with Gasteiger partial charge >= 0.3 is 0 Å². The number of piperidine rings is 1. The molecule has 1 aliphatic rings. The molecular formula is C10H12Br2N2. The molecule has 0 atom stereocenters. The van der Waals surface area contributed by atoms with E-state index < -0.39 is 0 Å². The standard InChI is InChI=1S/C10H12Br2N2/c11-9-6-14-10(12)5-8(9)7-1-3-13-4-2-7/h5-7,13H,1-4H2. The molecule has 0 spiro atoms. The summed E-state index contributed by atoms with van der Waals surface area (Å²) < 4.78 is 2.06. The van der Waals surface area contributed by atoms with E-state index in [0.29, 0.717) is 5.92 Å². The van der Waals surface area contributed by atoms with Crippen LogP contribution in [0.2, 0.25) is 0 Å². The van der Waals surface area contributed by atoms with Gasteiger partial charge in [0.05, 0.1) is 0 Å². The van der Waals surface area contributed by atoms with Crippen LogP contribution in [0.15, 0.2) is 21.3 Å². The molecule has 1 aliphatic heterocycles. The predicted octanol–water partition coefficient (Wildman–Crippen LogP) is 3.07. The predicted molar refractivity (Wildman–Crippen MR) is 64.5 cm³/mol. The molecule has 2 heterocycles. The second-order valence-corrected chi connectivity index (χ2v) is 5.22. The summed E-state index contributed by atoms with van der Waals surface area (Å²) in [6.07, 6.45) is 4.31. The van der Waals surface area contributed by atoms with Gasteiger partial charge in [-0.3, -0.25) is 0 Å². The van der Waals surface area contributed by atoms with Gasteiger partial charge in [0.25, 0.3) is 0 Å². The molecule has 2 rings (SSSR count). The van der Waals surface area contributed by atoms with Crippen molar-refractivity contribution in [2.75, 3.05) is 13.1 Å². The van der Waals surface area contributed by atoms with Gasteiger partial charge in [0.2, 0.25) is 0 Å². The van der Waals surface area contributed by atoms with Gasteiger partial charge in [-0.1, -0.05) is 0 Å². The summed E-state index contributed by atoms with van der Waals surface area (Å²) in [4.78, 5) is 4.19. The van der Waals surface area contributed by atoms with Crippen LogP contribution in [0.4, 0.5) is 0 Å². The number of hydrogen-bond donors (Lipinski definition) is 1. The normalized spacial score (nSPS) is 18.4. The smallest absolute Gasteiger partial charge is 0.106 e. The summed E-state index contributed by atoms with van der Waals surface area (Å²) in [6, 6.07) is 2.13. The quantitative estimate of drug-likeness (QED) is 0.805. The molecule has 0 aromatic carbocycles. The highest BCUT2D eigenvalue weighted by molar-refractivity contribution is 9.11. The van der Waals surface area contributed by atoms with E-state index in [2.05, 4.69) is 48.2 Å². The topological polar surface area (TPSA) is 24.9 Å². The fourth-order valence-electron chi connectivity index (χ4n) is 1.87. The number of nitrogens with one attached hydrogen (secondary N) is 1. The maximum absolute atomic E-state index is 4.19. The molecule has 1 aromatic rings. The summed E-state index contributed by atoms with van der Waals surface area (Å²) in [5.74, 6) is 0.671. The first-order valence-electron chi connectivity index (χ1n) is 4.79. The number of hydrogen-bond acceptors (Lipinski definition) is 2. The monoisotopic (exact) mass is 318 g/mol. The van der Waals surface area contributed by atoms with Crippen molar-refractivity contribution in [3.63, 3.8) is 0 Å². The summed E-state index contributed by atoms with van der Waals surface area (Å²) in [7, 11) is 0. The highest BCUT2D eigenvalue weighted by Gasteiger charge is 2.17. The summed E-state index contributed by atoms with van der Waals surface area (Å²) in [5, 5.41) is 3.38. The van der Waals surface area contributed by atoms with Gasteiger partial charge in [-0.05, 0) is 75.3 Å².